The van der Waals surface area contributed by atoms with Crippen LogP contribution in [0, 0.1) is 5.92 Å². The third kappa shape index (κ3) is 4.08. The summed E-state index contributed by atoms with van der Waals surface area (Å²) in [6, 6.07) is 3.78. The van der Waals surface area contributed by atoms with Crippen LogP contribution in [0.4, 0.5) is 10.6 Å². The zero-order valence-electron chi connectivity index (χ0n) is 14.4. The average molecular weight is 334 g/mol. The van der Waals surface area contributed by atoms with Gasteiger partial charge in [0, 0.05) is 52.3 Å². The van der Waals surface area contributed by atoms with Gasteiger partial charge in [0.15, 0.2) is 11.6 Å². The quantitative estimate of drug-likeness (QED) is 0.880. The summed E-state index contributed by atoms with van der Waals surface area (Å²) in [6.07, 6.45) is 3.62. The Morgan fingerprint density at radius 3 is 3.12 bits per heavy atom. The molecule has 24 heavy (non-hydrogen) atoms. The van der Waals surface area contributed by atoms with Crippen LogP contribution in [0.3, 0.4) is 0 Å². The van der Waals surface area contributed by atoms with Crippen LogP contribution in [-0.4, -0.2) is 69.0 Å². The van der Waals surface area contributed by atoms with E-state index in [0.717, 1.165) is 44.2 Å². The molecule has 1 aromatic rings. The summed E-state index contributed by atoms with van der Waals surface area (Å²) in [5.41, 5.74) is 0. The third-order valence-electron chi connectivity index (χ3n) is 4.47. The number of nitrogens with one attached hydrogen (secondary N) is 1. The van der Waals surface area contributed by atoms with E-state index in [4.69, 9.17) is 9.47 Å². The van der Waals surface area contributed by atoms with Gasteiger partial charge in [-0.25, -0.2) is 9.78 Å². The van der Waals surface area contributed by atoms with Crippen molar-refractivity contribution in [3.63, 3.8) is 0 Å². The molecule has 2 fully saturated rings. The van der Waals surface area contributed by atoms with Crippen molar-refractivity contribution >= 4 is 11.8 Å². The third-order valence-corrected chi connectivity index (χ3v) is 4.47. The molecule has 1 aromatic heterocycles. The van der Waals surface area contributed by atoms with Gasteiger partial charge in [0.2, 0.25) is 0 Å². The smallest absolute Gasteiger partial charge is 0.317 e. The van der Waals surface area contributed by atoms with Crippen molar-refractivity contribution in [3.8, 4) is 5.75 Å². The standard InChI is InChI=1S/C17H26N4O3/c1-20(2)16-15(4-3-7-18-16)24-14-5-8-21(11-14)17(22)19-10-13-6-9-23-12-13/h3-4,7,13-14H,5-6,8-12H2,1-2H3,(H,19,22)/t13-,14+/m1/s1. The normalized spacial score (nSPS) is 23.3. The number of hydrogen-bond donors (Lipinski definition) is 1. The lowest BCUT2D eigenvalue weighted by Crippen LogP contribution is -2.41. The Bertz CT molecular complexity index is 561. The first-order chi connectivity index (χ1) is 11.6. The molecule has 7 heteroatoms. The molecule has 3 heterocycles. The van der Waals surface area contributed by atoms with E-state index >= 15 is 0 Å². The number of amides is 2. The first-order valence-corrected chi connectivity index (χ1v) is 8.53. The summed E-state index contributed by atoms with van der Waals surface area (Å²) in [5, 5.41) is 3.01. The second kappa shape index (κ2) is 7.70. The van der Waals surface area contributed by atoms with Crippen LogP contribution in [0.2, 0.25) is 0 Å². The highest BCUT2D eigenvalue weighted by Crippen LogP contribution is 2.26. The van der Waals surface area contributed by atoms with Crippen LogP contribution in [0.5, 0.6) is 5.75 Å². The highest BCUT2D eigenvalue weighted by Gasteiger charge is 2.29. The van der Waals surface area contributed by atoms with Crippen molar-refractivity contribution in [1.82, 2.24) is 15.2 Å². The van der Waals surface area contributed by atoms with Gasteiger partial charge in [-0.05, 0) is 18.6 Å². The fourth-order valence-electron chi connectivity index (χ4n) is 3.09. The van der Waals surface area contributed by atoms with Gasteiger partial charge in [-0.1, -0.05) is 0 Å². The maximum atomic E-state index is 12.3. The number of ether oxygens (including phenoxy) is 2. The van der Waals surface area contributed by atoms with Crippen LogP contribution >= 0.6 is 0 Å². The van der Waals surface area contributed by atoms with E-state index in [0.29, 0.717) is 19.0 Å². The lowest BCUT2D eigenvalue weighted by Gasteiger charge is -2.21. The molecule has 3 rings (SSSR count). The largest absolute Gasteiger partial charge is 0.485 e. The molecule has 2 atom stereocenters. The number of rotatable bonds is 5. The van der Waals surface area contributed by atoms with Crippen LogP contribution in [0.15, 0.2) is 18.3 Å². The van der Waals surface area contributed by atoms with Crippen molar-refractivity contribution in [2.24, 2.45) is 5.92 Å². The molecule has 132 valence electrons. The molecule has 2 aliphatic heterocycles. The highest BCUT2D eigenvalue weighted by atomic mass is 16.5. The topological polar surface area (TPSA) is 66.9 Å². The van der Waals surface area contributed by atoms with E-state index < -0.39 is 0 Å². The molecule has 0 saturated carbocycles. The van der Waals surface area contributed by atoms with Crippen molar-refractivity contribution in [1.29, 1.82) is 0 Å². The number of aromatic nitrogens is 1. The molecule has 0 aliphatic carbocycles. The van der Waals surface area contributed by atoms with Crippen LogP contribution in [0.25, 0.3) is 0 Å². The second-order valence-electron chi connectivity index (χ2n) is 6.61. The van der Waals surface area contributed by atoms with Crippen molar-refractivity contribution < 1.29 is 14.3 Å². The minimum absolute atomic E-state index is 0.00739. The first-order valence-electron chi connectivity index (χ1n) is 8.53. The zero-order chi connectivity index (χ0) is 16.9. The van der Waals surface area contributed by atoms with E-state index in [2.05, 4.69) is 10.3 Å². The summed E-state index contributed by atoms with van der Waals surface area (Å²) < 4.78 is 11.4. The van der Waals surface area contributed by atoms with Crippen LogP contribution < -0.4 is 15.0 Å². The van der Waals surface area contributed by atoms with Gasteiger partial charge in [0.25, 0.3) is 0 Å². The van der Waals surface area contributed by atoms with Gasteiger partial charge in [0.05, 0.1) is 13.2 Å². The molecule has 7 nitrogen and oxygen atoms in total. The van der Waals surface area contributed by atoms with E-state index in [1.54, 1.807) is 6.20 Å². The van der Waals surface area contributed by atoms with Crippen LogP contribution in [-0.2, 0) is 4.74 Å². The zero-order valence-corrected chi connectivity index (χ0v) is 14.4. The summed E-state index contributed by atoms with van der Waals surface area (Å²) in [5.74, 6) is 2.01. The molecule has 2 amide bonds. The molecule has 2 aliphatic rings. The Labute approximate surface area is 142 Å². The molecule has 0 spiro atoms. The van der Waals surface area contributed by atoms with Gasteiger partial charge in [0.1, 0.15) is 6.10 Å². The molecule has 0 bridgehead atoms. The maximum Gasteiger partial charge on any atom is 0.317 e. The van der Waals surface area contributed by atoms with Crippen molar-refractivity contribution in [2.75, 3.05) is 51.8 Å². The number of pyridine rings is 1. The summed E-state index contributed by atoms with van der Waals surface area (Å²) in [6.45, 7) is 3.57. The van der Waals surface area contributed by atoms with Gasteiger partial charge in [-0.2, -0.15) is 0 Å². The minimum Gasteiger partial charge on any atom is -0.485 e. The predicted molar refractivity (Wildman–Crippen MR) is 91.5 cm³/mol. The van der Waals surface area contributed by atoms with Gasteiger partial charge in [-0.3, -0.25) is 0 Å². The van der Waals surface area contributed by atoms with Crippen LogP contribution in [0.1, 0.15) is 12.8 Å². The number of likely N-dealkylation sites (tertiary alicyclic amines) is 1. The Balaban J connectivity index is 1.49. The molecular weight excluding hydrogens is 308 g/mol. The minimum atomic E-state index is -0.00739. The molecule has 0 aromatic carbocycles. The van der Waals surface area contributed by atoms with E-state index in [9.17, 15) is 4.79 Å². The van der Waals surface area contributed by atoms with Crippen molar-refractivity contribution in [2.45, 2.75) is 18.9 Å². The molecular formula is C17H26N4O3. The second-order valence-corrected chi connectivity index (χ2v) is 6.61. The van der Waals surface area contributed by atoms with Crippen molar-refractivity contribution in [3.05, 3.63) is 18.3 Å². The first kappa shape index (κ1) is 16.8. The number of carbonyl (C=O) groups excluding carboxylic acids is 1. The maximum absolute atomic E-state index is 12.3. The number of nitrogens with zero attached hydrogens (tertiary/aromatic N) is 3. The summed E-state index contributed by atoms with van der Waals surface area (Å²) >= 11 is 0. The Kier molecular flexibility index (Phi) is 5.40. The number of carbonyl (C=O) groups is 1. The summed E-state index contributed by atoms with van der Waals surface area (Å²) in [7, 11) is 3.88. The fraction of sp³-hybridized carbons (Fsp3) is 0.647. The van der Waals surface area contributed by atoms with Gasteiger partial charge < -0.3 is 24.6 Å². The Hall–Kier alpha value is -2.02. The average Bonchev–Trinajstić information content (AvgIpc) is 3.24. The predicted octanol–water partition coefficient (Wildman–Crippen LogP) is 1.35. The molecule has 0 unspecified atom stereocenters. The van der Waals surface area contributed by atoms with E-state index in [1.165, 1.54) is 0 Å². The Morgan fingerprint density at radius 1 is 1.50 bits per heavy atom. The van der Waals surface area contributed by atoms with Gasteiger partial charge >= 0.3 is 6.03 Å². The fourth-order valence-corrected chi connectivity index (χ4v) is 3.09. The summed E-state index contributed by atoms with van der Waals surface area (Å²) in [4.78, 5) is 20.4. The van der Waals surface area contributed by atoms with E-state index in [-0.39, 0.29) is 12.1 Å². The lowest BCUT2D eigenvalue weighted by atomic mass is 10.1. The number of urea groups is 1. The monoisotopic (exact) mass is 334 g/mol. The Morgan fingerprint density at radius 2 is 2.38 bits per heavy atom. The highest BCUT2D eigenvalue weighted by molar-refractivity contribution is 5.74. The lowest BCUT2D eigenvalue weighted by molar-refractivity contribution is 0.178. The van der Waals surface area contributed by atoms with E-state index in [1.807, 2.05) is 36.0 Å². The molecule has 0 radical (unpaired) electrons. The molecule has 1 N–H and O–H groups in total. The molecule has 2 saturated heterocycles. The van der Waals surface area contributed by atoms with Gasteiger partial charge in [-0.15, -0.1) is 0 Å². The number of hydrogen-bond acceptors (Lipinski definition) is 5. The SMILES string of the molecule is CN(C)c1ncccc1O[C@H]1CCN(C(=O)NC[C@H]2CCOC2)C1. The number of anilines is 1.